The van der Waals surface area contributed by atoms with E-state index in [0.29, 0.717) is 45.6 Å². The lowest BCUT2D eigenvalue weighted by Crippen LogP contribution is -2.55. The van der Waals surface area contributed by atoms with Crippen molar-refractivity contribution in [2.75, 3.05) is 40.5 Å². The minimum atomic E-state index is -0.686. The van der Waals surface area contributed by atoms with Gasteiger partial charge in [-0.1, -0.05) is 62.4 Å². The van der Waals surface area contributed by atoms with Crippen LogP contribution in [-0.4, -0.2) is 108 Å². The molecule has 4 aliphatic rings. The summed E-state index contributed by atoms with van der Waals surface area (Å²) in [5.74, 6) is 0.406. The molecule has 2 aromatic carbocycles. The van der Waals surface area contributed by atoms with Crippen molar-refractivity contribution in [1.29, 1.82) is 0 Å². The molecule has 0 aliphatic carbocycles. The first-order valence-corrected chi connectivity index (χ1v) is 20.0. The van der Waals surface area contributed by atoms with Gasteiger partial charge in [-0.25, -0.2) is 14.6 Å². The van der Waals surface area contributed by atoms with Crippen molar-refractivity contribution >= 4 is 35.3 Å². The first-order chi connectivity index (χ1) is 27.6. The third kappa shape index (κ3) is 8.75. The minimum Gasteiger partial charge on any atom is -0.453 e. The van der Waals surface area contributed by atoms with E-state index in [4.69, 9.17) is 19.2 Å². The molecule has 3 fully saturated rings. The van der Waals surface area contributed by atoms with Gasteiger partial charge in [-0.15, -0.1) is 0 Å². The highest BCUT2D eigenvalue weighted by atomic mass is 16.5. The summed E-state index contributed by atoms with van der Waals surface area (Å²) in [5.41, 5.74) is 7.18. The van der Waals surface area contributed by atoms with Crippen LogP contribution in [0, 0.1) is 11.8 Å². The van der Waals surface area contributed by atoms with Gasteiger partial charge in [-0.05, 0) is 78.2 Å². The van der Waals surface area contributed by atoms with Crippen LogP contribution in [-0.2, 0) is 23.8 Å². The van der Waals surface area contributed by atoms with Gasteiger partial charge < -0.3 is 39.6 Å². The molecule has 3 N–H and O–H groups in total. The van der Waals surface area contributed by atoms with E-state index in [9.17, 15) is 19.2 Å². The largest absolute Gasteiger partial charge is 0.453 e. The Morgan fingerprint density at radius 1 is 0.772 bits per heavy atom. The normalized spacial score (nSPS) is 20.9. The smallest absolute Gasteiger partial charge is 0.407 e. The summed E-state index contributed by atoms with van der Waals surface area (Å²) in [5, 5.41) is 5.52. The molecule has 14 heteroatoms. The van der Waals surface area contributed by atoms with Crippen LogP contribution in [0.5, 0.6) is 0 Å². The fourth-order valence-electron chi connectivity index (χ4n) is 8.56. The second-order valence-corrected chi connectivity index (χ2v) is 15.6. The Morgan fingerprint density at radius 3 is 1.98 bits per heavy atom. The summed E-state index contributed by atoms with van der Waals surface area (Å²) in [6.45, 7) is 6.18. The van der Waals surface area contributed by atoms with Crippen molar-refractivity contribution in [3.63, 3.8) is 0 Å². The monoisotopic (exact) mass is 779 g/mol. The van der Waals surface area contributed by atoms with E-state index < -0.39 is 24.3 Å². The summed E-state index contributed by atoms with van der Waals surface area (Å²) >= 11 is 0. The van der Waals surface area contributed by atoms with Crippen molar-refractivity contribution in [1.82, 2.24) is 30.4 Å². The average molecular weight is 780 g/mol. The Kier molecular flexibility index (Phi) is 12.4. The number of aliphatic imine (C=N–C) groups is 1. The fraction of sp³-hybridized carbons (Fsp3) is 0.488. The van der Waals surface area contributed by atoms with Crippen molar-refractivity contribution in [3.05, 3.63) is 72.3 Å². The van der Waals surface area contributed by atoms with Gasteiger partial charge in [0.1, 0.15) is 17.9 Å². The van der Waals surface area contributed by atoms with Crippen molar-refractivity contribution in [2.24, 2.45) is 16.8 Å². The number of carbonyl (C=O) groups is 4. The number of ether oxygens (including phenoxy) is 3. The van der Waals surface area contributed by atoms with E-state index in [1.54, 1.807) is 0 Å². The Bertz CT molecular complexity index is 1980. The number of imidazole rings is 1. The number of aromatic nitrogens is 2. The van der Waals surface area contributed by atoms with Gasteiger partial charge in [0.15, 0.2) is 0 Å². The van der Waals surface area contributed by atoms with Crippen LogP contribution in [0.2, 0.25) is 0 Å². The molecule has 7 rings (SSSR count). The van der Waals surface area contributed by atoms with Crippen LogP contribution < -0.4 is 10.6 Å². The fourth-order valence-corrected chi connectivity index (χ4v) is 8.56. The number of methoxy groups -OCH3 is 2. The van der Waals surface area contributed by atoms with E-state index in [2.05, 4.69) is 69.1 Å². The number of benzene rings is 2. The second-order valence-electron chi connectivity index (χ2n) is 15.6. The maximum Gasteiger partial charge on any atom is 0.407 e. The number of amides is 4. The molecule has 4 aliphatic heterocycles. The maximum absolute atomic E-state index is 14.0. The van der Waals surface area contributed by atoms with Gasteiger partial charge in [0.25, 0.3) is 0 Å². The van der Waals surface area contributed by atoms with E-state index >= 15 is 0 Å². The molecule has 1 aromatic heterocycles. The molecule has 57 heavy (non-hydrogen) atoms. The lowest BCUT2D eigenvalue weighted by Gasteiger charge is -2.34. The average Bonchev–Trinajstić information content (AvgIpc) is 4.09. The molecule has 3 aromatic rings. The highest BCUT2D eigenvalue weighted by Gasteiger charge is 2.41. The summed E-state index contributed by atoms with van der Waals surface area (Å²) in [7, 11) is 2.61. The first kappa shape index (κ1) is 39.7. The molecule has 3 saturated heterocycles. The van der Waals surface area contributed by atoms with Gasteiger partial charge in [-0.3, -0.25) is 14.6 Å². The van der Waals surface area contributed by atoms with Crippen molar-refractivity contribution in [3.8, 4) is 22.4 Å². The van der Waals surface area contributed by atoms with Crippen LogP contribution in [0.15, 0.2) is 65.9 Å². The molecular weight excluding hydrogens is 727 g/mol. The number of nitrogens with zero attached hydrogens (tertiary/aromatic N) is 4. The zero-order chi connectivity index (χ0) is 40.1. The lowest BCUT2D eigenvalue weighted by atomic mass is 9.90. The lowest BCUT2D eigenvalue weighted by molar-refractivity contribution is -0.136. The Labute approximate surface area is 333 Å². The van der Waals surface area contributed by atoms with Crippen LogP contribution in [0.1, 0.15) is 76.2 Å². The third-order valence-corrected chi connectivity index (χ3v) is 11.8. The first-order valence-electron chi connectivity index (χ1n) is 20.0. The minimum absolute atomic E-state index is 0.00618. The second kappa shape index (κ2) is 17.7. The number of H-pyrrole nitrogens is 1. The predicted octanol–water partition coefficient (Wildman–Crippen LogP) is 6.12. The summed E-state index contributed by atoms with van der Waals surface area (Å²) in [6.07, 6.45) is 7.95. The van der Waals surface area contributed by atoms with Gasteiger partial charge in [0, 0.05) is 44.6 Å². The highest BCUT2D eigenvalue weighted by Crippen LogP contribution is 2.35. The van der Waals surface area contributed by atoms with Crippen LogP contribution in [0.4, 0.5) is 9.59 Å². The topological polar surface area (TPSA) is 168 Å². The zero-order valence-electron chi connectivity index (χ0n) is 33.2. The number of carbonyl (C=O) groups excluding carboxylic acids is 4. The number of nitrogens with one attached hydrogen (secondary N) is 3. The predicted molar refractivity (Wildman–Crippen MR) is 215 cm³/mol. The Balaban J connectivity index is 0.967. The van der Waals surface area contributed by atoms with Crippen LogP contribution in [0.3, 0.4) is 0 Å². The van der Waals surface area contributed by atoms with Gasteiger partial charge in [-0.2, -0.15) is 0 Å². The number of aromatic amines is 1. The van der Waals surface area contributed by atoms with E-state index in [1.165, 1.54) is 14.2 Å². The maximum atomic E-state index is 14.0. The van der Waals surface area contributed by atoms with Crippen LogP contribution >= 0.6 is 0 Å². The van der Waals surface area contributed by atoms with E-state index in [1.807, 2.05) is 36.0 Å². The standard InChI is InChI=1S/C43H53N7O7/c1-26(2)37(47-42(53)55-3)40(51)50-20-6-8-36(50)39-45-25-34(46-39)30-15-13-28(14-16-30)27-9-11-29(12-10-27)32-23-33(44-24-32)35-7-5-19-49(35)41(52)38(48-43(54)56-4)31-17-21-57-22-18-31/h9-16,24-26,31,35-38H,5-8,17-23H2,1-4H3,(H,45,46)(H,47,53)(H,48,54)/t35-,36?,37-,38-/m0/s1. The summed E-state index contributed by atoms with van der Waals surface area (Å²) < 4.78 is 15.2. The number of allylic oxidation sites excluding steroid dienone is 1. The van der Waals surface area contributed by atoms with Crippen molar-refractivity contribution in [2.45, 2.75) is 83.0 Å². The Hall–Kier alpha value is -5.50. The molecule has 0 spiro atoms. The summed E-state index contributed by atoms with van der Waals surface area (Å²) in [6, 6.07) is 15.1. The molecule has 302 valence electrons. The number of hydrogen-bond donors (Lipinski definition) is 3. The van der Waals surface area contributed by atoms with Gasteiger partial charge >= 0.3 is 12.2 Å². The number of likely N-dealkylation sites (tertiary alicyclic amines) is 2. The van der Waals surface area contributed by atoms with Crippen molar-refractivity contribution < 1.29 is 33.4 Å². The summed E-state index contributed by atoms with van der Waals surface area (Å²) in [4.78, 5) is 68.4. The van der Waals surface area contributed by atoms with Gasteiger partial charge in [0.05, 0.1) is 38.2 Å². The molecule has 0 radical (unpaired) electrons. The molecular formula is C43H53N7O7. The molecule has 14 nitrogen and oxygen atoms in total. The third-order valence-electron chi connectivity index (χ3n) is 11.8. The Morgan fingerprint density at radius 2 is 1.35 bits per heavy atom. The van der Waals surface area contributed by atoms with Crippen LogP contribution in [0.25, 0.3) is 28.0 Å². The molecule has 5 heterocycles. The molecule has 4 atom stereocenters. The van der Waals surface area contributed by atoms with E-state index in [-0.39, 0.29) is 35.7 Å². The van der Waals surface area contributed by atoms with Gasteiger partial charge in [0.2, 0.25) is 11.8 Å². The number of rotatable bonds is 11. The number of hydrogen-bond acceptors (Lipinski definition) is 9. The van der Waals surface area contributed by atoms with E-state index in [0.717, 1.165) is 70.7 Å². The molecule has 0 bridgehead atoms. The molecule has 0 saturated carbocycles. The zero-order valence-corrected chi connectivity index (χ0v) is 33.2. The quantitative estimate of drug-likeness (QED) is 0.210. The number of alkyl carbamates (subject to hydrolysis) is 2. The highest BCUT2D eigenvalue weighted by molar-refractivity contribution is 6.04. The SMILES string of the molecule is COC(=O)N[C@H](C(=O)N1CCCC1c1ncc(-c2ccc(-c3ccc(C4=CN=C([C@@H]5CCCN5C(=O)[C@@H](NC(=O)OC)C5CCOCC5)C4)cc3)cc2)[nH]1)C(C)C. The molecule has 1 unspecified atom stereocenters. The molecule has 4 amide bonds.